The zero-order valence-corrected chi connectivity index (χ0v) is 26.5. The Bertz CT molecular complexity index is 1970. The number of imide groups is 1. The van der Waals surface area contributed by atoms with E-state index in [1.807, 2.05) is 31.2 Å². The number of ether oxygens (including phenoxy) is 2. The summed E-state index contributed by atoms with van der Waals surface area (Å²) in [5.41, 5.74) is 3.13. The Kier molecular flexibility index (Phi) is 6.84. The van der Waals surface area contributed by atoms with Gasteiger partial charge in [-0.1, -0.05) is 35.6 Å². The van der Waals surface area contributed by atoms with Gasteiger partial charge >= 0.3 is 4.87 Å². The third kappa shape index (κ3) is 4.33. The van der Waals surface area contributed by atoms with Gasteiger partial charge in [-0.05, 0) is 72.6 Å². The molecule has 46 heavy (non-hydrogen) atoms. The normalized spacial score (nSPS) is 27.3. The summed E-state index contributed by atoms with van der Waals surface area (Å²) >= 11 is 2.68. The molecule has 4 aromatic rings. The molecule has 1 saturated heterocycles. The van der Waals surface area contributed by atoms with Gasteiger partial charge in [0.2, 0.25) is 11.8 Å². The number of carbonyl (C=O) groups excluding carboxylic acids is 2. The molecule has 2 amide bonds. The molecule has 3 aromatic carbocycles. The number of methoxy groups -OCH3 is 1. The number of benzene rings is 3. The van der Waals surface area contributed by atoms with E-state index in [-0.39, 0.29) is 52.0 Å². The predicted molar refractivity (Wildman–Crippen MR) is 173 cm³/mol. The van der Waals surface area contributed by atoms with Gasteiger partial charge in [0.15, 0.2) is 0 Å². The van der Waals surface area contributed by atoms with Crippen LogP contribution in [0.5, 0.6) is 11.5 Å². The van der Waals surface area contributed by atoms with E-state index in [4.69, 9.17) is 9.47 Å². The van der Waals surface area contributed by atoms with Crippen LogP contribution in [0.1, 0.15) is 33.9 Å². The number of aromatic amines is 1. The number of hydrogen-bond acceptors (Lipinski definition) is 9. The lowest BCUT2D eigenvalue weighted by Crippen LogP contribution is -2.42. The van der Waals surface area contributed by atoms with E-state index >= 15 is 0 Å². The number of fused-ring (bicyclic) bond motifs is 9. The number of nitro groups is 1. The number of rotatable bonds is 7. The van der Waals surface area contributed by atoms with Crippen molar-refractivity contribution >= 4 is 46.3 Å². The van der Waals surface area contributed by atoms with Gasteiger partial charge in [0.05, 0.1) is 34.6 Å². The number of aromatic nitrogens is 1. The zero-order chi connectivity index (χ0) is 31.9. The first-order valence-corrected chi connectivity index (χ1v) is 16.8. The molecule has 4 aliphatic rings. The summed E-state index contributed by atoms with van der Waals surface area (Å²) in [6.45, 7) is 2.27. The SMILES string of the molecule is COc1ccc(N2C(=O)[C@H]3[C@H]4C[C@@H]([C@@H]3C2=O)[C@H]2[C@H](c3cc([N+](=O)[O-])ccc3OCc3ccccc3C)c3sc(=O)[nH]c3S[C@H]42)cc1. The molecule has 234 valence electrons. The van der Waals surface area contributed by atoms with E-state index in [2.05, 4.69) is 4.98 Å². The average Bonchev–Trinajstić information content (AvgIpc) is 3.79. The van der Waals surface area contributed by atoms with Crippen LogP contribution in [0.3, 0.4) is 0 Å². The smallest absolute Gasteiger partial charge is 0.305 e. The Morgan fingerprint density at radius 3 is 2.46 bits per heavy atom. The molecule has 8 rings (SSSR count). The summed E-state index contributed by atoms with van der Waals surface area (Å²) in [6, 6.07) is 19.5. The molecule has 7 atom stereocenters. The molecule has 2 bridgehead atoms. The molecule has 2 aliphatic carbocycles. The van der Waals surface area contributed by atoms with E-state index in [9.17, 15) is 24.5 Å². The number of thioether (sulfide) groups is 1. The number of non-ortho nitro benzene ring substituents is 1. The molecule has 0 radical (unpaired) electrons. The Labute approximate surface area is 271 Å². The van der Waals surface area contributed by atoms with Gasteiger partial charge in [-0.3, -0.25) is 29.4 Å². The molecular formula is C34H29N3O7S2. The molecule has 10 nitrogen and oxygen atoms in total. The van der Waals surface area contributed by atoms with Gasteiger partial charge in [-0.15, -0.1) is 11.8 Å². The maximum atomic E-state index is 14.1. The van der Waals surface area contributed by atoms with E-state index in [0.717, 1.165) is 32.4 Å². The third-order valence-electron chi connectivity index (χ3n) is 10.2. The first-order chi connectivity index (χ1) is 22.2. The van der Waals surface area contributed by atoms with Crippen molar-refractivity contribution in [2.75, 3.05) is 12.0 Å². The summed E-state index contributed by atoms with van der Waals surface area (Å²) in [5, 5.41) is 12.7. The van der Waals surface area contributed by atoms with E-state index in [1.54, 1.807) is 55.3 Å². The summed E-state index contributed by atoms with van der Waals surface area (Å²) in [4.78, 5) is 57.3. The number of hydrogen-bond donors (Lipinski definition) is 1. The first kappa shape index (κ1) is 29.0. The predicted octanol–water partition coefficient (Wildman–Crippen LogP) is 5.92. The Morgan fingerprint density at radius 2 is 1.74 bits per heavy atom. The van der Waals surface area contributed by atoms with Crippen molar-refractivity contribution in [1.82, 2.24) is 4.98 Å². The topological polar surface area (TPSA) is 132 Å². The van der Waals surface area contributed by atoms with Crippen molar-refractivity contribution in [1.29, 1.82) is 0 Å². The highest BCUT2D eigenvalue weighted by molar-refractivity contribution is 8.00. The van der Waals surface area contributed by atoms with Crippen molar-refractivity contribution in [3.8, 4) is 11.5 Å². The second-order valence-electron chi connectivity index (χ2n) is 12.4. The summed E-state index contributed by atoms with van der Waals surface area (Å²) in [6.07, 6.45) is 0.704. The molecule has 3 heterocycles. The first-order valence-electron chi connectivity index (χ1n) is 15.1. The number of anilines is 1. The number of H-pyrrole nitrogens is 1. The monoisotopic (exact) mass is 655 g/mol. The summed E-state index contributed by atoms with van der Waals surface area (Å²) in [7, 11) is 1.56. The van der Waals surface area contributed by atoms with Crippen LogP contribution in [0.2, 0.25) is 0 Å². The second-order valence-corrected chi connectivity index (χ2v) is 14.6. The van der Waals surface area contributed by atoms with E-state index < -0.39 is 22.7 Å². The van der Waals surface area contributed by atoms with Gasteiger partial charge < -0.3 is 14.5 Å². The van der Waals surface area contributed by atoms with Crippen LogP contribution in [0, 0.1) is 46.6 Å². The van der Waals surface area contributed by atoms with Gasteiger partial charge in [0, 0.05) is 33.7 Å². The van der Waals surface area contributed by atoms with Crippen molar-refractivity contribution in [3.05, 3.63) is 108 Å². The van der Waals surface area contributed by atoms with Crippen LogP contribution in [0.25, 0.3) is 0 Å². The fourth-order valence-corrected chi connectivity index (χ4v) is 11.2. The average molecular weight is 656 g/mol. The van der Waals surface area contributed by atoms with E-state index in [1.165, 1.54) is 11.0 Å². The molecular weight excluding hydrogens is 627 g/mol. The van der Waals surface area contributed by atoms with Crippen LogP contribution < -0.4 is 19.2 Å². The molecule has 12 heteroatoms. The lowest BCUT2D eigenvalue weighted by atomic mass is 9.68. The minimum atomic E-state index is -0.504. The lowest BCUT2D eigenvalue weighted by molar-refractivity contribution is -0.385. The molecule has 0 spiro atoms. The molecule has 1 N–H and O–H groups in total. The number of carbonyl (C=O) groups is 2. The molecule has 2 aliphatic heterocycles. The number of nitrogens with one attached hydrogen (secondary N) is 1. The molecule has 3 fully saturated rings. The van der Waals surface area contributed by atoms with Crippen LogP contribution in [-0.4, -0.2) is 34.1 Å². The second kappa shape index (κ2) is 10.8. The number of aryl methyl sites for hydroxylation is 1. The van der Waals surface area contributed by atoms with Crippen LogP contribution in [0.15, 0.2) is 76.6 Å². The fourth-order valence-electron chi connectivity index (χ4n) is 8.30. The Balaban J connectivity index is 1.21. The minimum absolute atomic E-state index is 0.0648. The highest BCUT2D eigenvalue weighted by Crippen LogP contribution is 2.69. The van der Waals surface area contributed by atoms with Gasteiger partial charge in [-0.25, -0.2) is 0 Å². The minimum Gasteiger partial charge on any atom is -0.497 e. The Hall–Kier alpha value is -4.42. The maximum Gasteiger partial charge on any atom is 0.305 e. The standard InChI is InChI=1S/C34H29N3O7S2/c1-16-5-3-4-6-17(16)15-44-24-12-9-19(37(41)42)13-21(24)25-26-22-14-23(29(26)45-31-30(25)46-34(40)35-31)28-27(22)32(38)36(33(28)39)18-7-10-20(43-2)11-8-18/h3-13,22-23,25-29H,14-15H2,1-2H3,(H,35,40)/t22-,23-,25+,26+,27+,28+,29-/m1/s1. The third-order valence-corrected chi connectivity index (χ3v) is 12.8. The highest BCUT2D eigenvalue weighted by Gasteiger charge is 2.70. The molecule has 2 saturated carbocycles. The van der Waals surface area contributed by atoms with Crippen LogP contribution in [-0.2, 0) is 16.2 Å². The number of amides is 2. The quantitative estimate of drug-likeness (QED) is 0.148. The van der Waals surface area contributed by atoms with Crippen molar-refractivity contribution in [3.63, 3.8) is 0 Å². The number of thiazole rings is 1. The fraction of sp³-hybridized carbons (Fsp3) is 0.324. The highest BCUT2D eigenvalue weighted by atomic mass is 32.2. The van der Waals surface area contributed by atoms with Crippen molar-refractivity contribution < 1.29 is 24.0 Å². The summed E-state index contributed by atoms with van der Waals surface area (Å²) in [5.74, 6) is -1.01. The largest absolute Gasteiger partial charge is 0.497 e. The summed E-state index contributed by atoms with van der Waals surface area (Å²) < 4.78 is 11.7. The van der Waals surface area contributed by atoms with Crippen molar-refractivity contribution in [2.45, 2.75) is 36.1 Å². The Morgan fingerprint density at radius 1 is 1.00 bits per heavy atom. The number of nitro benzene ring substituents is 1. The van der Waals surface area contributed by atoms with Gasteiger partial charge in [0.25, 0.3) is 5.69 Å². The van der Waals surface area contributed by atoms with Gasteiger partial charge in [0.1, 0.15) is 18.1 Å². The van der Waals surface area contributed by atoms with Crippen LogP contribution in [0.4, 0.5) is 11.4 Å². The molecule has 0 unspecified atom stereocenters. The molecule has 1 aromatic heterocycles. The lowest BCUT2D eigenvalue weighted by Gasteiger charge is -2.43. The maximum absolute atomic E-state index is 14.1. The van der Waals surface area contributed by atoms with E-state index in [0.29, 0.717) is 29.2 Å². The number of nitrogens with zero attached hydrogens (tertiary/aromatic N) is 2. The van der Waals surface area contributed by atoms with Gasteiger partial charge in [-0.2, -0.15) is 0 Å². The van der Waals surface area contributed by atoms with Crippen molar-refractivity contribution in [2.24, 2.45) is 29.6 Å². The van der Waals surface area contributed by atoms with Crippen LogP contribution >= 0.6 is 23.1 Å². The zero-order valence-electron chi connectivity index (χ0n) is 24.9.